The normalized spacial score (nSPS) is 10.8. The molecule has 1 aromatic heterocycles. The van der Waals surface area contributed by atoms with Crippen molar-refractivity contribution in [1.82, 2.24) is 4.98 Å². The van der Waals surface area contributed by atoms with Crippen LogP contribution in [-0.2, 0) is 0 Å². The second-order valence-corrected chi connectivity index (χ2v) is 5.30. The topological polar surface area (TPSA) is 44.9 Å². The van der Waals surface area contributed by atoms with Crippen molar-refractivity contribution in [2.45, 2.75) is 0 Å². The van der Waals surface area contributed by atoms with Crippen molar-refractivity contribution in [1.29, 1.82) is 0 Å². The van der Waals surface area contributed by atoms with E-state index in [1.807, 2.05) is 6.07 Å². The fourth-order valence-electron chi connectivity index (χ4n) is 2.13. The summed E-state index contributed by atoms with van der Waals surface area (Å²) in [4.78, 5) is 15.3. The molecule has 2 N–H and O–H groups in total. The highest BCUT2D eigenvalue weighted by molar-refractivity contribution is 9.10. The van der Waals surface area contributed by atoms with E-state index in [4.69, 9.17) is 0 Å². The van der Waals surface area contributed by atoms with Gasteiger partial charge < -0.3 is 10.3 Å². The summed E-state index contributed by atoms with van der Waals surface area (Å²) in [7, 11) is 0. The molecule has 0 aliphatic rings. The lowest BCUT2D eigenvalue weighted by molar-refractivity contribution is 0.102. The van der Waals surface area contributed by atoms with Crippen LogP contribution in [0, 0.1) is 11.6 Å². The Morgan fingerprint density at radius 2 is 2.00 bits per heavy atom. The fourth-order valence-corrected chi connectivity index (χ4v) is 2.63. The minimum absolute atomic E-state index is 0.0889. The Morgan fingerprint density at radius 1 is 1.19 bits per heavy atom. The molecular weight excluding hydrogens is 342 g/mol. The molecule has 2 aromatic carbocycles. The zero-order valence-electron chi connectivity index (χ0n) is 10.6. The van der Waals surface area contributed by atoms with Gasteiger partial charge in [-0.3, -0.25) is 4.79 Å². The third-order valence-corrected chi connectivity index (χ3v) is 3.71. The molecule has 0 bridgehead atoms. The molecule has 106 valence electrons. The van der Waals surface area contributed by atoms with Crippen molar-refractivity contribution >= 4 is 38.4 Å². The molecule has 0 aliphatic carbocycles. The number of carbonyl (C=O) groups excluding carboxylic acids is 1. The van der Waals surface area contributed by atoms with Crippen LogP contribution in [0.15, 0.2) is 47.1 Å². The van der Waals surface area contributed by atoms with Gasteiger partial charge in [0.15, 0.2) is 5.82 Å². The molecule has 0 atom stereocenters. The van der Waals surface area contributed by atoms with Gasteiger partial charge >= 0.3 is 0 Å². The number of aromatic amines is 1. The van der Waals surface area contributed by atoms with Crippen molar-refractivity contribution in [3.63, 3.8) is 0 Å². The molecule has 6 heteroatoms. The van der Waals surface area contributed by atoms with Crippen LogP contribution in [0.5, 0.6) is 0 Å². The highest BCUT2D eigenvalue weighted by atomic mass is 79.9. The zero-order valence-corrected chi connectivity index (χ0v) is 12.2. The quantitative estimate of drug-likeness (QED) is 0.704. The molecule has 0 radical (unpaired) electrons. The van der Waals surface area contributed by atoms with Gasteiger partial charge in [0.2, 0.25) is 0 Å². The summed E-state index contributed by atoms with van der Waals surface area (Å²) in [6.45, 7) is 0. The van der Waals surface area contributed by atoms with Crippen LogP contribution in [-0.4, -0.2) is 10.9 Å². The smallest absolute Gasteiger partial charge is 0.256 e. The molecule has 3 nitrogen and oxygen atoms in total. The lowest BCUT2D eigenvalue weighted by Crippen LogP contribution is -2.14. The van der Waals surface area contributed by atoms with Crippen molar-refractivity contribution in [2.75, 3.05) is 5.32 Å². The predicted octanol–water partition coefficient (Wildman–Crippen LogP) is 4.46. The molecule has 3 aromatic rings. The molecule has 0 aliphatic heterocycles. The first-order valence-electron chi connectivity index (χ1n) is 6.08. The second-order valence-electron chi connectivity index (χ2n) is 4.44. The van der Waals surface area contributed by atoms with Gasteiger partial charge in [0.25, 0.3) is 5.91 Å². The van der Waals surface area contributed by atoms with Crippen LogP contribution < -0.4 is 5.32 Å². The van der Waals surface area contributed by atoms with E-state index >= 15 is 0 Å². The monoisotopic (exact) mass is 350 g/mol. The Hall–Kier alpha value is -2.21. The summed E-state index contributed by atoms with van der Waals surface area (Å²) in [6, 6.07) is 8.78. The molecule has 1 amide bonds. The van der Waals surface area contributed by atoms with E-state index < -0.39 is 17.5 Å². The standard InChI is InChI=1S/C15H9BrF2N2O/c16-11-6-8(17)7-12(18)14(11)20-15(21)10-2-1-3-13-9(10)4-5-19-13/h1-7,19H,(H,20,21). The third kappa shape index (κ3) is 2.54. The van der Waals surface area contributed by atoms with Crippen LogP contribution >= 0.6 is 15.9 Å². The molecule has 0 spiro atoms. The van der Waals surface area contributed by atoms with Crippen LogP contribution in [0.2, 0.25) is 0 Å². The molecule has 0 saturated heterocycles. The van der Waals surface area contributed by atoms with E-state index in [0.717, 1.165) is 23.0 Å². The first kappa shape index (κ1) is 13.8. The highest BCUT2D eigenvalue weighted by Gasteiger charge is 2.16. The van der Waals surface area contributed by atoms with Gasteiger partial charge in [-0.15, -0.1) is 0 Å². The lowest BCUT2D eigenvalue weighted by atomic mass is 10.1. The molecule has 0 saturated carbocycles. The average molecular weight is 351 g/mol. The van der Waals surface area contributed by atoms with Gasteiger partial charge in [0, 0.05) is 33.2 Å². The number of benzene rings is 2. The SMILES string of the molecule is O=C(Nc1c(F)cc(F)cc1Br)c1cccc2[nH]ccc12. The van der Waals surface area contributed by atoms with Crippen LogP contribution in [0.4, 0.5) is 14.5 Å². The Labute approximate surface area is 127 Å². The number of halogens is 3. The summed E-state index contributed by atoms with van der Waals surface area (Å²) >= 11 is 3.04. The molecule has 21 heavy (non-hydrogen) atoms. The highest BCUT2D eigenvalue weighted by Crippen LogP contribution is 2.28. The van der Waals surface area contributed by atoms with Crippen LogP contribution in [0.25, 0.3) is 10.9 Å². The summed E-state index contributed by atoms with van der Waals surface area (Å²) in [5.74, 6) is -2.02. The average Bonchev–Trinajstić information content (AvgIpc) is 2.90. The first-order chi connectivity index (χ1) is 10.1. The predicted molar refractivity (Wildman–Crippen MR) is 80.3 cm³/mol. The summed E-state index contributed by atoms with van der Waals surface area (Å²) < 4.78 is 26.9. The maximum absolute atomic E-state index is 13.8. The maximum atomic E-state index is 13.8. The number of H-pyrrole nitrogens is 1. The second kappa shape index (κ2) is 5.29. The Balaban J connectivity index is 1.99. The van der Waals surface area contributed by atoms with E-state index in [-0.39, 0.29) is 10.2 Å². The largest absolute Gasteiger partial charge is 0.361 e. The third-order valence-electron chi connectivity index (χ3n) is 3.08. The van der Waals surface area contributed by atoms with E-state index in [1.165, 1.54) is 0 Å². The van der Waals surface area contributed by atoms with E-state index in [9.17, 15) is 13.6 Å². The summed E-state index contributed by atoms with van der Waals surface area (Å²) in [5, 5.41) is 3.19. The zero-order chi connectivity index (χ0) is 15.0. The van der Waals surface area contributed by atoms with Crippen LogP contribution in [0.1, 0.15) is 10.4 Å². The molecular formula is C15H9BrF2N2O. The number of rotatable bonds is 2. The maximum Gasteiger partial charge on any atom is 0.256 e. The number of anilines is 1. The minimum atomic E-state index is -0.837. The molecule has 0 fully saturated rings. The van der Waals surface area contributed by atoms with Gasteiger partial charge in [-0.1, -0.05) is 6.07 Å². The number of carbonyl (C=O) groups is 1. The van der Waals surface area contributed by atoms with Gasteiger partial charge in [0.05, 0.1) is 5.69 Å². The van der Waals surface area contributed by atoms with Crippen molar-refractivity contribution in [2.24, 2.45) is 0 Å². The van der Waals surface area contributed by atoms with Crippen molar-refractivity contribution < 1.29 is 13.6 Å². The molecule has 1 heterocycles. The van der Waals surface area contributed by atoms with E-state index in [1.54, 1.807) is 24.4 Å². The number of nitrogens with one attached hydrogen (secondary N) is 2. The van der Waals surface area contributed by atoms with Gasteiger partial charge in [0.1, 0.15) is 5.82 Å². The summed E-state index contributed by atoms with van der Waals surface area (Å²) in [6.07, 6.45) is 1.72. The van der Waals surface area contributed by atoms with Gasteiger partial charge in [-0.05, 0) is 40.2 Å². The number of hydrogen-bond acceptors (Lipinski definition) is 1. The number of aromatic nitrogens is 1. The molecule has 3 rings (SSSR count). The fraction of sp³-hybridized carbons (Fsp3) is 0. The van der Waals surface area contributed by atoms with Crippen molar-refractivity contribution in [3.8, 4) is 0 Å². The first-order valence-corrected chi connectivity index (χ1v) is 6.87. The van der Waals surface area contributed by atoms with E-state index in [0.29, 0.717) is 5.56 Å². The number of amides is 1. The van der Waals surface area contributed by atoms with Gasteiger partial charge in [-0.25, -0.2) is 8.78 Å². The lowest BCUT2D eigenvalue weighted by Gasteiger charge is -2.09. The minimum Gasteiger partial charge on any atom is -0.361 e. The Bertz CT molecular complexity index is 822. The number of hydrogen-bond donors (Lipinski definition) is 2. The number of fused-ring (bicyclic) bond motifs is 1. The molecule has 0 unspecified atom stereocenters. The Morgan fingerprint density at radius 3 is 2.76 bits per heavy atom. The Kier molecular flexibility index (Phi) is 3.47. The van der Waals surface area contributed by atoms with Crippen LogP contribution in [0.3, 0.4) is 0 Å². The van der Waals surface area contributed by atoms with Crippen molar-refractivity contribution in [3.05, 3.63) is 64.3 Å². The van der Waals surface area contributed by atoms with Gasteiger partial charge in [-0.2, -0.15) is 0 Å². The summed E-state index contributed by atoms with van der Waals surface area (Å²) in [5.41, 5.74) is 1.12. The van der Waals surface area contributed by atoms with E-state index in [2.05, 4.69) is 26.2 Å².